The molecule has 1 rings (SSSR count). The van der Waals surface area contributed by atoms with E-state index in [2.05, 4.69) is 15.9 Å². The lowest BCUT2D eigenvalue weighted by atomic mass is 10.3. The van der Waals surface area contributed by atoms with E-state index in [1.54, 1.807) is 13.0 Å². The Hall–Kier alpha value is -1.08. The van der Waals surface area contributed by atoms with Crippen LogP contribution in [0.15, 0.2) is 22.7 Å². The van der Waals surface area contributed by atoms with Crippen LogP contribution in [0.1, 0.15) is 6.92 Å². The highest BCUT2D eigenvalue weighted by atomic mass is 79.9. The summed E-state index contributed by atoms with van der Waals surface area (Å²) in [6.45, 7) is 1.60. The van der Waals surface area contributed by atoms with Crippen LogP contribution >= 0.6 is 15.9 Å². The van der Waals surface area contributed by atoms with Crippen LogP contribution in [0.3, 0.4) is 0 Å². The lowest BCUT2D eigenvalue weighted by molar-refractivity contribution is 0.275. The minimum atomic E-state index is -0.569. The molecule has 4 heteroatoms. The van der Waals surface area contributed by atoms with Crippen LogP contribution in [0, 0.1) is 17.1 Å². The second-order valence-corrected chi connectivity index (χ2v) is 3.32. The lowest BCUT2D eigenvalue weighted by Gasteiger charge is -2.07. The van der Waals surface area contributed by atoms with Crippen molar-refractivity contribution in [3.05, 3.63) is 28.5 Å². The fourth-order valence-corrected chi connectivity index (χ4v) is 1.03. The number of hydrogen-bond acceptors (Lipinski definition) is 2. The number of benzene rings is 1. The molecule has 1 atom stereocenters. The highest BCUT2D eigenvalue weighted by Crippen LogP contribution is 2.21. The number of hydrogen-bond donors (Lipinski definition) is 0. The largest absolute Gasteiger partial charge is 0.476 e. The van der Waals surface area contributed by atoms with Gasteiger partial charge in [-0.05, 0) is 35.0 Å². The Morgan fingerprint density at radius 3 is 2.85 bits per heavy atom. The van der Waals surface area contributed by atoms with Crippen LogP contribution in [-0.2, 0) is 0 Å². The number of nitriles is 1. The van der Waals surface area contributed by atoms with Gasteiger partial charge in [0.1, 0.15) is 17.6 Å². The Kier molecular flexibility index (Phi) is 3.26. The van der Waals surface area contributed by atoms with Gasteiger partial charge in [-0.25, -0.2) is 4.39 Å². The molecule has 1 aromatic carbocycles. The minimum Gasteiger partial charge on any atom is -0.476 e. The lowest BCUT2D eigenvalue weighted by Crippen LogP contribution is -2.08. The topological polar surface area (TPSA) is 33.0 Å². The van der Waals surface area contributed by atoms with E-state index in [9.17, 15) is 4.39 Å². The fraction of sp³-hybridized carbons (Fsp3) is 0.222. The summed E-state index contributed by atoms with van der Waals surface area (Å²) < 4.78 is 18.4. The maximum absolute atomic E-state index is 12.9. The molecule has 0 N–H and O–H groups in total. The van der Waals surface area contributed by atoms with Gasteiger partial charge in [0.15, 0.2) is 6.10 Å². The van der Waals surface area contributed by atoms with Crippen molar-refractivity contribution in [1.29, 1.82) is 5.26 Å². The molecule has 0 aromatic heterocycles. The fourth-order valence-electron chi connectivity index (χ4n) is 0.781. The van der Waals surface area contributed by atoms with E-state index in [-0.39, 0.29) is 0 Å². The van der Waals surface area contributed by atoms with E-state index in [1.807, 2.05) is 6.07 Å². The molecule has 0 aliphatic heterocycles. The van der Waals surface area contributed by atoms with Crippen LogP contribution < -0.4 is 4.74 Å². The Morgan fingerprint density at radius 1 is 1.62 bits per heavy atom. The summed E-state index contributed by atoms with van der Waals surface area (Å²) in [7, 11) is 0. The molecule has 2 nitrogen and oxygen atoms in total. The van der Waals surface area contributed by atoms with Gasteiger partial charge in [0.05, 0.1) is 4.47 Å². The van der Waals surface area contributed by atoms with Crippen LogP contribution in [-0.4, -0.2) is 6.10 Å². The van der Waals surface area contributed by atoms with Crippen molar-refractivity contribution in [3.63, 3.8) is 0 Å². The Balaban J connectivity index is 2.81. The van der Waals surface area contributed by atoms with Gasteiger partial charge in [-0.3, -0.25) is 0 Å². The van der Waals surface area contributed by atoms with Crippen LogP contribution in [0.5, 0.6) is 5.75 Å². The van der Waals surface area contributed by atoms with Gasteiger partial charge in [0.2, 0.25) is 0 Å². The minimum absolute atomic E-state index is 0.356. The Morgan fingerprint density at radius 2 is 2.31 bits per heavy atom. The highest BCUT2D eigenvalue weighted by Gasteiger charge is 2.04. The molecule has 0 heterocycles. The zero-order valence-electron chi connectivity index (χ0n) is 6.92. The maximum Gasteiger partial charge on any atom is 0.181 e. The van der Waals surface area contributed by atoms with Crippen molar-refractivity contribution in [2.75, 3.05) is 0 Å². The van der Waals surface area contributed by atoms with E-state index in [0.29, 0.717) is 10.2 Å². The molecule has 0 aliphatic rings. The number of rotatable bonds is 2. The van der Waals surface area contributed by atoms with Gasteiger partial charge in [0.25, 0.3) is 0 Å². The molecule has 0 saturated carbocycles. The zero-order valence-corrected chi connectivity index (χ0v) is 8.51. The second kappa shape index (κ2) is 4.24. The molecule has 68 valence electrons. The predicted octanol–water partition coefficient (Wildman–Crippen LogP) is 2.88. The molecule has 0 saturated heterocycles. The smallest absolute Gasteiger partial charge is 0.181 e. The standard InChI is InChI=1S/C9H7BrFNO/c1-6(5-12)13-7-2-3-8(10)9(11)4-7/h2-4,6H,1H3. The van der Waals surface area contributed by atoms with Gasteiger partial charge in [0, 0.05) is 6.07 Å². The molecule has 0 fully saturated rings. The van der Waals surface area contributed by atoms with Crippen LogP contribution in [0.25, 0.3) is 0 Å². The van der Waals surface area contributed by atoms with E-state index in [0.717, 1.165) is 0 Å². The normalized spacial score (nSPS) is 11.8. The first kappa shape index (κ1) is 10.0. The summed E-state index contributed by atoms with van der Waals surface area (Å²) in [5.74, 6) is -0.0441. The summed E-state index contributed by atoms with van der Waals surface area (Å²) in [5, 5.41) is 8.44. The molecule has 0 aliphatic carbocycles. The predicted molar refractivity (Wildman–Crippen MR) is 49.8 cm³/mol. The van der Waals surface area contributed by atoms with Crippen molar-refractivity contribution in [2.24, 2.45) is 0 Å². The molecule has 0 spiro atoms. The summed E-state index contributed by atoms with van der Waals surface area (Å²) >= 11 is 3.02. The summed E-state index contributed by atoms with van der Waals surface area (Å²) in [6, 6.07) is 6.26. The van der Waals surface area contributed by atoms with Crippen molar-refractivity contribution in [3.8, 4) is 11.8 Å². The number of ether oxygens (including phenoxy) is 1. The van der Waals surface area contributed by atoms with Crippen LogP contribution in [0.2, 0.25) is 0 Å². The molecular weight excluding hydrogens is 237 g/mol. The van der Waals surface area contributed by atoms with Crippen molar-refractivity contribution in [1.82, 2.24) is 0 Å². The van der Waals surface area contributed by atoms with Crippen molar-refractivity contribution < 1.29 is 9.13 Å². The van der Waals surface area contributed by atoms with Gasteiger partial charge in [-0.1, -0.05) is 0 Å². The number of halogens is 2. The van der Waals surface area contributed by atoms with Gasteiger partial charge in [-0.15, -0.1) is 0 Å². The third-order valence-electron chi connectivity index (χ3n) is 1.39. The van der Waals surface area contributed by atoms with E-state index in [4.69, 9.17) is 10.00 Å². The van der Waals surface area contributed by atoms with E-state index >= 15 is 0 Å². The third-order valence-corrected chi connectivity index (χ3v) is 2.03. The van der Waals surface area contributed by atoms with Gasteiger partial charge >= 0.3 is 0 Å². The van der Waals surface area contributed by atoms with Crippen molar-refractivity contribution >= 4 is 15.9 Å². The third kappa shape index (κ3) is 2.71. The molecule has 0 bridgehead atoms. The molecular formula is C9H7BrFNO. The molecule has 0 radical (unpaired) electrons. The summed E-state index contributed by atoms with van der Waals surface area (Å²) in [4.78, 5) is 0. The molecule has 1 aromatic rings. The maximum atomic E-state index is 12.9. The van der Waals surface area contributed by atoms with E-state index < -0.39 is 11.9 Å². The van der Waals surface area contributed by atoms with E-state index in [1.165, 1.54) is 12.1 Å². The SMILES string of the molecule is CC(C#N)Oc1ccc(Br)c(F)c1. The average Bonchev–Trinajstić information content (AvgIpc) is 2.11. The van der Waals surface area contributed by atoms with Crippen LogP contribution in [0.4, 0.5) is 4.39 Å². The second-order valence-electron chi connectivity index (χ2n) is 2.47. The first-order valence-corrected chi connectivity index (χ1v) is 4.44. The summed E-state index contributed by atoms with van der Waals surface area (Å²) in [6.07, 6.45) is -0.569. The first-order valence-electron chi connectivity index (χ1n) is 3.65. The Bertz CT molecular complexity index is 348. The first-order chi connectivity index (χ1) is 6.13. The quantitative estimate of drug-likeness (QED) is 0.801. The van der Waals surface area contributed by atoms with Crippen molar-refractivity contribution in [2.45, 2.75) is 13.0 Å². The van der Waals surface area contributed by atoms with Gasteiger partial charge < -0.3 is 4.74 Å². The molecule has 0 amide bonds. The Labute approximate surface area is 84.1 Å². The number of nitrogens with zero attached hydrogens (tertiary/aromatic N) is 1. The molecule has 13 heavy (non-hydrogen) atoms. The monoisotopic (exact) mass is 243 g/mol. The zero-order chi connectivity index (χ0) is 9.84. The van der Waals surface area contributed by atoms with Gasteiger partial charge in [-0.2, -0.15) is 5.26 Å². The average molecular weight is 244 g/mol. The summed E-state index contributed by atoms with van der Waals surface area (Å²) in [5.41, 5.74) is 0. The molecule has 1 unspecified atom stereocenters. The highest BCUT2D eigenvalue weighted by molar-refractivity contribution is 9.10.